The maximum atomic E-state index is 9.75. The van der Waals surface area contributed by atoms with E-state index in [0.29, 0.717) is 11.1 Å². The van der Waals surface area contributed by atoms with Crippen molar-refractivity contribution in [1.82, 2.24) is 5.32 Å². The molecule has 1 aromatic carbocycles. The topological polar surface area (TPSA) is 41.5 Å². The molecule has 0 aliphatic heterocycles. The van der Waals surface area contributed by atoms with Crippen LogP contribution in [0.3, 0.4) is 0 Å². The summed E-state index contributed by atoms with van der Waals surface area (Å²) in [6.07, 6.45) is 7.49. The van der Waals surface area contributed by atoms with Crippen molar-refractivity contribution in [2.24, 2.45) is 0 Å². The van der Waals surface area contributed by atoms with Crippen molar-refractivity contribution in [2.45, 2.75) is 50.6 Å². The van der Waals surface area contributed by atoms with E-state index in [2.05, 4.69) is 5.32 Å². The number of aliphatic hydroxyl groups is 1. The molecular formula is C16H24ClNO2. The molecule has 20 heavy (non-hydrogen) atoms. The summed E-state index contributed by atoms with van der Waals surface area (Å²) in [7, 11) is 1.63. The summed E-state index contributed by atoms with van der Waals surface area (Å²) in [6.45, 7) is 0.0244. The quantitative estimate of drug-likeness (QED) is 0.814. The van der Waals surface area contributed by atoms with Gasteiger partial charge in [-0.3, -0.25) is 0 Å². The monoisotopic (exact) mass is 297 g/mol. The first-order valence-electron chi connectivity index (χ1n) is 7.45. The second-order valence-electron chi connectivity index (χ2n) is 5.45. The van der Waals surface area contributed by atoms with E-state index in [1.807, 2.05) is 18.2 Å². The summed E-state index contributed by atoms with van der Waals surface area (Å²) >= 11 is 6.30. The first kappa shape index (κ1) is 15.6. The summed E-state index contributed by atoms with van der Waals surface area (Å²) in [5, 5.41) is 14.0. The molecule has 112 valence electrons. The molecule has 0 bridgehead atoms. The van der Waals surface area contributed by atoms with Gasteiger partial charge >= 0.3 is 0 Å². The van der Waals surface area contributed by atoms with Gasteiger partial charge in [-0.25, -0.2) is 0 Å². The van der Waals surface area contributed by atoms with Crippen LogP contribution in [-0.2, 0) is 0 Å². The van der Waals surface area contributed by atoms with Gasteiger partial charge in [0.05, 0.1) is 19.8 Å². The minimum absolute atomic E-state index is 0.0244. The molecule has 1 fully saturated rings. The van der Waals surface area contributed by atoms with Gasteiger partial charge in [0.25, 0.3) is 0 Å². The SMILES string of the molecule is COc1cccc(Cl)c1C(CO)NC1CCCCCC1. The molecule has 1 aliphatic rings. The van der Waals surface area contributed by atoms with Gasteiger partial charge in [-0.15, -0.1) is 0 Å². The van der Waals surface area contributed by atoms with Gasteiger partial charge in [-0.1, -0.05) is 43.4 Å². The van der Waals surface area contributed by atoms with Crippen molar-refractivity contribution in [3.63, 3.8) is 0 Å². The molecule has 0 aromatic heterocycles. The molecule has 0 spiro atoms. The lowest BCUT2D eigenvalue weighted by Crippen LogP contribution is -2.34. The second kappa shape index (κ2) is 7.87. The van der Waals surface area contributed by atoms with E-state index in [-0.39, 0.29) is 12.6 Å². The number of benzene rings is 1. The Balaban J connectivity index is 2.15. The summed E-state index contributed by atoms with van der Waals surface area (Å²) in [4.78, 5) is 0. The highest BCUT2D eigenvalue weighted by atomic mass is 35.5. The number of aliphatic hydroxyl groups excluding tert-OH is 1. The first-order valence-corrected chi connectivity index (χ1v) is 7.83. The molecule has 1 unspecified atom stereocenters. The van der Waals surface area contributed by atoms with Crippen molar-refractivity contribution in [3.05, 3.63) is 28.8 Å². The van der Waals surface area contributed by atoms with E-state index in [1.54, 1.807) is 7.11 Å². The molecule has 4 heteroatoms. The van der Waals surface area contributed by atoms with Crippen LogP contribution >= 0.6 is 11.6 Å². The Morgan fingerprint density at radius 3 is 2.60 bits per heavy atom. The summed E-state index contributed by atoms with van der Waals surface area (Å²) < 4.78 is 5.39. The highest BCUT2D eigenvalue weighted by Crippen LogP contribution is 2.33. The Labute approximate surface area is 126 Å². The van der Waals surface area contributed by atoms with Crippen LogP contribution in [0.1, 0.15) is 50.1 Å². The maximum absolute atomic E-state index is 9.75. The lowest BCUT2D eigenvalue weighted by molar-refractivity contribution is 0.225. The molecule has 1 atom stereocenters. The fourth-order valence-corrected chi connectivity index (χ4v) is 3.29. The normalized spacial score (nSPS) is 18.6. The largest absolute Gasteiger partial charge is 0.496 e. The van der Waals surface area contributed by atoms with E-state index in [9.17, 15) is 5.11 Å². The van der Waals surface area contributed by atoms with E-state index in [0.717, 1.165) is 11.3 Å². The number of ether oxygens (including phenoxy) is 1. The van der Waals surface area contributed by atoms with E-state index < -0.39 is 0 Å². The Bertz CT molecular complexity index is 417. The molecule has 0 amide bonds. The number of methoxy groups -OCH3 is 1. The van der Waals surface area contributed by atoms with E-state index >= 15 is 0 Å². The van der Waals surface area contributed by atoms with Crippen molar-refractivity contribution >= 4 is 11.6 Å². The Morgan fingerprint density at radius 1 is 1.30 bits per heavy atom. The van der Waals surface area contributed by atoms with Gasteiger partial charge in [-0.05, 0) is 25.0 Å². The summed E-state index contributed by atoms with van der Waals surface area (Å²) in [5.74, 6) is 0.734. The third-order valence-corrected chi connectivity index (χ3v) is 4.39. The van der Waals surface area contributed by atoms with Crippen LogP contribution in [0.4, 0.5) is 0 Å². The van der Waals surface area contributed by atoms with Crippen molar-refractivity contribution in [2.75, 3.05) is 13.7 Å². The van der Waals surface area contributed by atoms with Crippen LogP contribution in [0.5, 0.6) is 5.75 Å². The zero-order valence-electron chi connectivity index (χ0n) is 12.1. The zero-order valence-corrected chi connectivity index (χ0v) is 12.8. The molecule has 1 aliphatic carbocycles. The van der Waals surface area contributed by atoms with Gasteiger partial charge in [0.15, 0.2) is 0 Å². The van der Waals surface area contributed by atoms with E-state index in [1.165, 1.54) is 38.5 Å². The minimum atomic E-state index is -0.165. The fourth-order valence-electron chi connectivity index (χ4n) is 2.99. The van der Waals surface area contributed by atoms with Gasteiger partial charge in [0, 0.05) is 16.6 Å². The van der Waals surface area contributed by atoms with Crippen LogP contribution in [0, 0.1) is 0 Å². The fraction of sp³-hybridized carbons (Fsp3) is 0.625. The zero-order chi connectivity index (χ0) is 14.4. The third-order valence-electron chi connectivity index (χ3n) is 4.06. The van der Waals surface area contributed by atoms with Crippen molar-refractivity contribution in [1.29, 1.82) is 0 Å². The number of halogens is 1. The molecular weight excluding hydrogens is 274 g/mol. The van der Waals surface area contributed by atoms with Crippen molar-refractivity contribution in [3.8, 4) is 5.75 Å². The Morgan fingerprint density at radius 2 is 2.00 bits per heavy atom. The standard InChI is InChI=1S/C16H24ClNO2/c1-20-15-10-6-9-13(17)16(15)14(11-19)18-12-7-4-2-3-5-8-12/h6,9-10,12,14,18-19H,2-5,7-8,11H2,1H3. The average Bonchev–Trinajstić information content (AvgIpc) is 2.73. The second-order valence-corrected chi connectivity index (χ2v) is 5.85. The lowest BCUT2D eigenvalue weighted by atomic mass is 10.0. The smallest absolute Gasteiger partial charge is 0.125 e. The highest BCUT2D eigenvalue weighted by molar-refractivity contribution is 6.31. The van der Waals surface area contributed by atoms with Gasteiger partial charge in [-0.2, -0.15) is 0 Å². The van der Waals surface area contributed by atoms with Crippen molar-refractivity contribution < 1.29 is 9.84 Å². The predicted molar refractivity (Wildman–Crippen MR) is 82.5 cm³/mol. The number of rotatable bonds is 5. The molecule has 3 nitrogen and oxygen atoms in total. The Hall–Kier alpha value is -0.770. The molecule has 1 saturated carbocycles. The highest BCUT2D eigenvalue weighted by Gasteiger charge is 2.22. The average molecular weight is 298 g/mol. The van der Waals surface area contributed by atoms with Crippen LogP contribution in [0.25, 0.3) is 0 Å². The van der Waals surface area contributed by atoms with Crippen LogP contribution in [0.15, 0.2) is 18.2 Å². The van der Waals surface area contributed by atoms with Gasteiger partial charge < -0.3 is 15.2 Å². The summed E-state index contributed by atoms with van der Waals surface area (Å²) in [6, 6.07) is 5.89. The minimum Gasteiger partial charge on any atom is -0.496 e. The summed E-state index contributed by atoms with van der Waals surface area (Å²) in [5.41, 5.74) is 0.864. The first-order chi connectivity index (χ1) is 9.76. The number of hydrogen-bond donors (Lipinski definition) is 2. The molecule has 0 saturated heterocycles. The molecule has 0 heterocycles. The predicted octanol–water partition coefficient (Wildman–Crippen LogP) is 3.69. The van der Waals surface area contributed by atoms with E-state index in [4.69, 9.17) is 16.3 Å². The van der Waals surface area contributed by atoms with Crippen LogP contribution in [-0.4, -0.2) is 24.9 Å². The van der Waals surface area contributed by atoms with Gasteiger partial charge in [0.2, 0.25) is 0 Å². The third kappa shape index (κ3) is 3.87. The van der Waals surface area contributed by atoms with Crippen LogP contribution in [0.2, 0.25) is 5.02 Å². The number of hydrogen-bond acceptors (Lipinski definition) is 3. The number of nitrogens with one attached hydrogen (secondary N) is 1. The molecule has 2 N–H and O–H groups in total. The molecule has 1 aromatic rings. The molecule has 2 rings (SSSR count). The maximum Gasteiger partial charge on any atom is 0.125 e. The van der Waals surface area contributed by atoms with Gasteiger partial charge in [0.1, 0.15) is 5.75 Å². The lowest BCUT2D eigenvalue weighted by Gasteiger charge is -2.26. The molecule has 0 radical (unpaired) electrons. The Kier molecular flexibility index (Phi) is 6.14. The van der Waals surface area contributed by atoms with Crippen LogP contribution < -0.4 is 10.1 Å².